The Balaban J connectivity index is 2.85. The van der Waals surface area contributed by atoms with Gasteiger partial charge in [0.05, 0.1) is 5.37 Å². The van der Waals surface area contributed by atoms with E-state index in [9.17, 15) is 9.59 Å². The summed E-state index contributed by atoms with van der Waals surface area (Å²) in [6, 6.07) is -0.654. The first-order chi connectivity index (χ1) is 7.84. The van der Waals surface area contributed by atoms with Crippen molar-refractivity contribution in [1.29, 1.82) is 0 Å². The second kappa shape index (κ2) is 5.76. The van der Waals surface area contributed by atoms with Crippen LogP contribution in [-0.4, -0.2) is 39.1 Å². The molecule has 98 valence electrons. The lowest BCUT2D eigenvalue weighted by atomic mass is 10.1. The summed E-state index contributed by atoms with van der Waals surface area (Å²) in [4.78, 5) is 24.9. The number of aliphatic carboxylic acids is 1. The topological polar surface area (TPSA) is 57.6 Å². The Kier molecular flexibility index (Phi) is 4.86. The summed E-state index contributed by atoms with van der Waals surface area (Å²) in [5, 5.41) is 9.16. The zero-order valence-electron chi connectivity index (χ0n) is 10.8. The highest BCUT2D eigenvalue weighted by molar-refractivity contribution is 8.00. The number of thioether (sulfide) groups is 1. The first kappa shape index (κ1) is 14.4. The van der Waals surface area contributed by atoms with E-state index in [4.69, 9.17) is 5.11 Å². The van der Waals surface area contributed by atoms with E-state index in [2.05, 4.69) is 0 Å². The number of carbonyl (C=O) groups is 2. The van der Waals surface area contributed by atoms with Crippen molar-refractivity contribution in [2.75, 3.05) is 5.75 Å². The lowest BCUT2D eigenvalue weighted by Gasteiger charge is -2.30. The first-order valence-electron chi connectivity index (χ1n) is 6.00. The molecule has 1 aliphatic rings. The van der Waals surface area contributed by atoms with Crippen LogP contribution in [-0.2, 0) is 9.59 Å². The van der Waals surface area contributed by atoms with Gasteiger partial charge in [0, 0.05) is 12.2 Å². The number of carbonyl (C=O) groups excluding carboxylic acids is 1. The van der Waals surface area contributed by atoms with Crippen LogP contribution in [0.3, 0.4) is 0 Å². The van der Waals surface area contributed by atoms with Gasteiger partial charge in [0.25, 0.3) is 0 Å². The maximum atomic E-state index is 12.1. The van der Waals surface area contributed by atoms with Crippen LogP contribution in [0.5, 0.6) is 0 Å². The minimum atomic E-state index is -0.891. The second-order valence-corrected chi connectivity index (χ2v) is 6.37. The summed E-state index contributed by atoms with van der Waals surface area (Å²) in [6.07, 6.45) is 0.424. The van der Waals surface area contributed by atoms with Gasteiger partial charge >= 0.3 is 5.97 Å². The van der Waals surface area contributed by atoms with Crippen molar-refractivity contribution in [1.82, 2.24) is 4.90 Å². The van der Waals surface area contributed by atoms with E-state index in [-0.39, 0.29) is 23.1 Å². The molecule has 1 heterocycles. The lowest BCUT2D eigenvalue weighted by molar-refractivity contribution is -0.149. The van der Waals surface area contributed by atoms with E-state index >= 15 is 0 Å². The Labute approximate surface area is 107 Å². The van der Waals surface area contributed by atoms with Crippen LogP contribution in [0.15, 0.2) is 0 Å². The molecule has 4 nitrogen and oxygen atoms in total. The molecule has 0 radical (unpaired) electrons. The number of carboxylic acid groups (broad SMARTS) is 1. The van der Waals surface area contributed by atoms with E-state index in [1.165, 1.54) is 0 Å². The highest BCUT2D eigenvalue weighted by Gasteiger charge is 2.42. The molecule has 2 atom stereocenters. The van der Waals surface area contributed by atoms with Gasteiger partial charge in [-0.05, 0) is 11.8 Å². The third-order valence-electron chi connectivity index (χ3n) is 2.76. The number of amides is 1. The van der Waals surface area contributed by atoms with Crippen LogP contribution >= 0.6 is 11.8 Å². The maximum Gasteiger partial charge on any atom is 0.327 e. The molecule has 0 aromatic carbocycles. The molecule has 0 aromatic rings. The highest BCUT2D eigenvalue weighted by Crippen LogP contribution is 2.34. The van der Waals surface area contributed by atoms with Crippen molar-refractivity contribution < 1.29 is 14.7 Å². The average Bonchev–Trinajstić information content (AvgIpc) is 2.59. The van der Waals surface area contributed by atoms with E-state index in [1.54, 1.807) is 16.7 Å². The van der Waals surface area contributed by atoms with Gasteiger partial charge < -0.3 is 10.0 Å². The Morgan fingerprint density at radius 1 is 1.35 bits per heavy atom. The van der Waals surface area contributed by atoms with Crippen molar-refractivity contribution in [3.63, 3.8) is 0 Å². The zero-order valence-corrected chi connectivity index (χ0v) is 11.7. The molecule has 0 aromatic heterocycles. The van der Waals surface area contributed by atoms with Gasteiger partial charge in [0.1, 0.15) is 6.04 Å². The molecule has 1 amide bonds. The van der Waals surface area contributed by atoms with Crippen LogP contribution in [0.1, 0.15) is 34.1 Å². The van der Waals surface area contributed by atoms with Gasteiger partial charge in [-0.25, -0.2) is 4.79 Å². The number of carboxylic acids is 1. The van der Waals surface area contributed by atoms with Crippen molar-refractivity contribution in [2.45, 2.75) is 45.5 Å². The molecule has 5 heteroatoms. The van der Waals surface area contributed by atoms with Crippen molar-refractivity contribution in [2.24, 2.45) is 11.8 Å². The standard InChI is InChI=1S/C12H21NO3S/c1-7(2)5-10(14)13-9(12(15)16)6-17-11(13)8(3)4/h7-9,11H,5-6H2,1-4H3,(H,15,16). The van der Waals surface area contributed by atoms with Gasteiger partial charge in [-0.2, -0.15) is 0 Å². The number of hydrogen-bond donors (Lipinski definition) is 1. The monoisotopic (exact) mass is 259 g/mol. The van der Waals surface area contributed by atoms with E-state index < -0.39 is 12.0 Å². The van der Waals surface area contributed by atoms with Crippen LogP contribution in [0, 0.1) is 11.8 Å². The molecule has 0 bridgehead atoms. The van der Waals surface area contributed by atoms with E-state index in [0.29, 0.717) is 12.2 Å². The van der Waals surface area contributed by atoms with Crippen LogP contribution in [0.4, 0.5) is 0 Å². The molecule has 0 aliphatic carbocycles. The molecule has 1 fully saturated rings. The average molecular weight is 259 g/mol. The zero-order chi connectivity index (χ0) is 13.2. The molecule has 2 unspecified atom stereocenters. The maximum absolute atomic E-state index is 12.1. The van der Waals surface area contributed by atoms with Gasteiger partial charge in [0.15, 0.2) is 0 Å². The van der Waals surface area contributed by atoms with E-state index in [1.807, 2.05) is 27.7 Å². The first-order valence-corrected chi connectivity index (χ1v) is 7.05. The molecule has 1 N–H and O–H groups in total. The fraction of sp³-hybridized carbons (Fsp3) is 0.833. The summed E-state index contributed by atoms with van der Waals surface area (Å²) < 4.78 is 0. The largest absolute Gasteiger partial charge is 0.480 e. The number of rotatable bonds is 4. The van der Waals surface area contributed by atoms with Crippen LogP contribution < -0.4 is 0 Å². The molecule has 0 spiro atoms. The van der Waals surface area contributed by atoms with Crippen molar-refractivity contribution in [3.8, 4) is 0 Å². The Morgan fingerprint density at radius 2 is 1.94 bits per heavy atom. The summed E-state index contributed by atoms with van der Waals surface area (Å²) in [5.41, 5.74) is 0. The predicted octanol–water partition coefficient (Wildman–Crippen LogP) is 2.04. The third kappa shape index (κ3) is 3.37. The molecular formula is C12H21NO3S. The number of hydrogen-bond acceptors (Lipinski definition) is 3. The summed E-state index contributed by atoms with van der Waals surface area (Å²) in [5.74, 6) is 0.117. The normalized spacial score (nSPS) is 24.7. The van der Waals surface area contributed by atoms with Gasteiger partial charge in [-0.15, -0.1) is 11.8 Å². The second-order valence-electron chi connectivity index (χ2n) is 5.22. The summed E-state index contributed by atoms with van der Waals surface area (Å²) in [7, 11) is 0. The molecule has 0 saturated carbocycles. The van der Waals surface area contributed by atoms with E-state index in [0.717, 1.165) is 0 Å². The quantitative estimate of drug-likeness (QED) is 0.839. The van der Waals surface area contributed by atoms with Crippen molar-refractivity contribution in [3.05, 3.63) is 0 Å². The Hall–Kier alpha value is -0.710. The van der Waals surface area contributed by atoms with Gasteiger partial charge in [-0.3, -0.25) is 4.79 Å². The minimum Gasteiger partial charge on any atom is -0.480 e. The minimum absolute atomic E-state index is 0.00218. The van der Waals surface area contributed by atoms with Gasteiger partial charge in [0.2, 0.25) is 5.91 Å². The van der Waals surface area contributed by atoms with Crippen LogP contribution in [0.25, 0.3) is 0 Å². The number of nitrogens with zero attached hydrogens (tertiary/aromatic N) is 1. The smallest absolute Gasteiger partial charge is 0.327 e. The molecule has 1 saturated heterocycles. The molecule has 1 rings (SSSR count). The lowest BCUT2D eigenvalue weighted by Crippen LogP contribution is -2.47. The predicted molar refractivity (Wildman–Crippen MR) is 68.8 cm³/mol. The third-order valence-corrected chi connectivity index (χ3v) is 4.38. The summed E-state index contributed by atoms with van der Waals surface area (Å²) >= 11 is 1.57. The van der Waals surface area contributed by atoms with Gasteiger partial charge in [-0.1, -0.05) is 27.7 Å². The SMILES string of the molecule is CC(C)CC(=O)N1C(C(=O)O)CSC1C(C)C. The fourth-order valence-corrected chi connectivity index (χ4v) is 3.49. The molecular weight excluding hydrogens is 238 g/mol. The molecule has 17 heavy (non-hydrogen) atoms. The summed E-state index contributed by atoms with van der Waals surface area (Å²) in [6.45, 7) is 8.00. The van der Waals surface area contributed by atoms with Crippen molar-refractivity contribution >= 4 is 23.6 Å². The fourth-order valence-electron chi connectivity index (χ4n) is 2.00. The van der Waals surface area contributed by atoms with Crippen LogP contribution in [0.2, 0.25) is 0 Å². The molecule has 1 aliphatic heterocycles. The highest BCUT2D eigenvalue weighted by atomic mass is 32.2. The Bertz CT molecular complexity index is 304. The Morgan fingerprint density at radius 3 is 2.35 bits per heavy atom.